The first-order valence-corrected chi connectivity index (χ1v) is 8.34. The molecule has 0 aliphatic rings. The van der Waals surface area contributed by atoms with Crippen molar-refractivity contribution in [3.63, 3.8) is 0 Å². The summed E-state index contributed by atoms with van der Waals surface area (Å²) in [5.41, 5.74) is 1.27. The third kappa shape index (κ3) is 5.36. The third-order valence-electron chi connectivity index (χ3n) is 4.03. The topological polar surface area (TPSA) is 35.5 Å². The highest BCUT2D eigenvalue weighted by molar-refractivity contribution is 6.30. The van der Waals surface area contributed by atoms with E-state index in [0.717, 1.165) is 5.56 Å². The number of carbonyl (C=O) groups is 1. The lowest BCUT2D eigenvalue weighted by Crippen LogP contribution is -2.35. The van der Waals surface area contributed by atoms with E-state index in [0.29, 0.717) is 23.8 Å². The van der Waals surface area contributed by atoms with E-state index in [-0.39, 0.29) is 17.5 Å². The van der Waals surface area contributed by atoms with Crippen LogP contribution in [0, 0.1) is 5.41 Å². The van der Waals surface area contributed by atoms with Gasteiger partial charge in [0.1, 0.15) is 6.10 Å². The highest BCUT2D eigenvalue weighted by Gasteiger charge is 2.30. The molecule has 0 saturated carbocycles. The first-order chi connectivity index (χ1) is 11.4. The van der Waals surface area contributed by atoms with Gasteiger partial charge in [-0.05, 0) is 30.7 Å². The lowest BCUT2D eigenvalue weighted by atomic mass is 9.88. The fourth-order valence-corrected chi connectivity index (χ4v) is 2.32. The Hall–Kier alpha value is -1.84. The van der Waals surface area contributed by atoms with E-state index in [1.165, 1.54) is 0 Å². The predicted molar refractivity (Wildman–Crippen MR) is 96.2 cm³/mol. The summed E-state index contributed by atoms with van der Waals surface area (Å²) in [7, 11) is 0. The van der Waals surface area contributed by atoms with Crippen LogP contribution in [-0.4, -0.2) is 18.7 Å². The number of carbonyl (C=O) groups excluding carboxylic acids is 1. The maximum atomic E-state index is 12.2. The van der Waals surface area contributed by atoms with Crippen LogP contribution in [0.15, 0.2) is 54.6 Å². The molecule has 0 heterocycles. The van der Waals surface area contributed by atoms with Crippen molar-refractivity contribution in [3.05, 3.63) is 70.7 Å². The standard InChI is InChI=1S/C20H23ClO3/c1-15(24-19(22)17-10-7-11-18(21)12-17)20(2,3)14-23-13-16-8-5-4-6-9-16/h4-12,15H,13-14H2,1-3H3. The molecule has 3 nitrogen and oxygen atoms in total. The Morgan fingerprint density at radius 3 is 2.50 bits per heavy atom. The number of hydrogen-bond acceptors (Lipinski definition) is 3. The zero-order chi connectivity index (χ0) is 17.6. The molecule has 0 aromatic heterocycles. The number of hydrogen-bond donors (Lipinski definition) is 0. The molecule has 0 bridgehead atoms. The normalized spacial score (nSPS) is 12.7. The summed E-state index contributed by atoms with van der Waals surface area (Å²) in [5, 5.41) is 0.516. The Labute approximate surface area is 148 Å². The molecule has 0 saturated heterocycles. The maximum Gasteiger partial charge on any atom is 0.338 e. The summed E-state index contributed by atoms with van der Waals surface area (Å²) >= 11 is 5.91. The van der Waals surface area contributed by atoms with Gasteiger partial charge in [-0.15, -0.1) is 0 Å². The highest BCUT2D eigenvalue weighted by Crippen LogP contribution is 2.25. The smallest absolute Gasteiger partial charge is 0.338 e. The van der Waals surface area contributed by atoms with Gasteiger partial charge in [0.2, 0.25) is 0 Å². The summed E-state index contributed by atoms with van der Waals surface area (Å²) in [5.74, 6) is -0.374. The van der Waals surface area contributed by atoms with Gasteiger partial charge in [-0.2, -0.15) is 0 Å². The fraction of sp³-hybridized carbons (Fsp3) is 0.350. The molecule has 2 aromatic rings. The lowest BCUT2D eigenvalue weighted by molar-refractivity contribution is -0.0398. The Bertz CT molecular complexity index is 668. The Morgan fingerprint density at radius 2 is 1.83 bits per heavy atom. The van der Waals surface area contributed by atoms with E-state index >= 15 is 0 Å². The van der Waals surface area contributed by atoms with E-state index in [9.17, 15) is 4.79 Å². The molecule has 2 aromatic carbocycles. The van der Waals surface area contributed by atoms with Crippen LogP contribution in [0.4, 0.5) is 0 Å². The lowest BCUT2D eigenvalue weighted by Gasteiger charge is -2.31. The van der Waals surface area contributed by atoms with Crippen LogP contribution in [0.2, 0.25) is 5.02 Å². The average Bonchev–Trinajstić information content (AvgIpc) is 2.55. The molecule has 0 radical (unpaired) electrons. The van der Waals surface area contributed by atoms with Gasteiger partial charge in [0.15, 0.2) is 0 Å². The van der Waals surface area contributed by atoms with Crippen molar-refractivity contribution < 1.29 is 14.3 Å². The van der Waals surface area contributed by atoms with Crippen LogP contribution in [0.25, 0.3) is 0 Å². The zero-order valence-corrected chi connectivity index (χ0v) is 15.0. The van der Waals surface area contributed by atoms with Crippen molar-refractivity contribution in [2.75, 3.05) is 6.61 Å². The Morgan fingerprint density at radius 1 is 1.12 bits per heavy atom. The van der Waals surface area contributed by atoms with Crippen LogP contribution in [0.1, 0.15) is 36.7 Å². The summed E-state index contributed by atoms with van der Waals surface area (Å²) in [4.78, 5) is 12.2. The SMILES string of the molecule is CC(OC(=O)c1cccc(Cl)c1)C(C)(C)COCc1ccccc1. The molecule has 0 aliphatic heterocycles. The molecule has 0 spiro atoms. The van der Waals surface area contributed by atoms with Crippen molar-refractivity contribution in [1.82, 2.24) is 0 Å². The summed E-state index contributed by atoms with van der Waals surface area (Å²) in [6, 6.07) is 16.8. The van der Waals surface area contributed by atoms with Crippen molar-refractivity contribution in [3.8, 4) is 0 Å². The molecule has 4 heteroatoms. The van der Waals surface area contributed by atoms with Gasteiger partial charge in [-0.3, -0.25) is 0 Å². The molecule has 0 N–H and O–H groups in total. The largest absolute Gasteiger partial charge is 0.458 e. The summed E-state index contributed by atoms with van der Waals surface area (Å²) in [6.45, 7) is 6.96. The van der Waals surface area contributed by atoms with Gasteiger partial charge >= 0.3 is 5.97 Å². The second kappa shape index (κ2) is 8.32. The molecule has 0 amide bonds. The number of halogens is 1. The van der Waals surface area contributed by atoms with Crippen molar-refractivity contribution in [2.45, 2.75) is 33.5 Å². The summed E-state index contributed by atoms with van der Waals surface area (Å²) in [6.07, 6.45) is -0.292. The third-order valence-corrected chi connectivity index (χ3v) is 4.27. The Balaban J connectivity index is 1.87. The Kier molecular flexibility index (Phi) is 6.41. The highest BCUT2D eigenvalue weighted by atomic mass is 35.5. The quantitative estimate of drug-likeness (QED) is 0.652. The second-order valence-electron chi connectivity index (χ2n) is 6.52. The molecule has 1 unspecified atom stereocenters. The first kappa shape index (κ1) is 18.5. The minimum atomic E-state index is -0.374. The fourth-order valence-electron chi connectivity index (χ4n) is 2.13. The monoisotopic (exact) mass is 346 g/mol. The number of benzene rings is 2. The molecule has 0 aliphatic carbocycles. The van der Waals surface area contributed by atoms with Crippen molar-refractivity contribution >= 4 is 17.6 Å². The van der Waals surface area contributed by atoms with Crippen molar-refractivity contribution in [1.29, 1.82) is 0 Å². The van der Waals surface area contributed by atoms with Gasteiger partial charge in [-0.1, -0.05) is 61.8 Å². The minimum absolute atomic E-state index is 0.292. The van der Waals surface area contributed by atoms with E-state index in [1.54, 1.807) is 24.3 Å². The summed E-state index contributed by atoms with van der Waals surface area (Å²) < 4.78 is 11.4. The second-order valence-corrected chi connectivity index (χ2v) is 6.96. The number of esters is 1. The molecule has 2 rings (SSSR count). The number of ether oxygens (including phenoxy) is 2. The van der Waals surface area contributed by atoms with Crippen LogP contribution in [0.5, 0.6) is 0 Å². The average molecular weight is 347 g/mol. The van der Waals surface area contributed by atoms with Crippen LogP contribution in [-0.2, 0) is 16.1 Å². The molecular formula is C20H23ClO3. The van der Waals surface area contributed by atoms with Gasteiger partial charge in [0.25, 0.3) is 0 Å². The molecule has 0 fully saturated rings. The van der Waals surface area contributed by atoms with E-state index < -0.39 is 0 Å². The van der Waals surface area contributed by atoms with E-state index in [4.69, 9.17) is 21.1 Å². The van der Waals surface area contributed by atoms with Crippen LogP contribution in [0.3, 0.4) is 0 Å². The van der Waals surface area contributed by atoms with Gasteiger partial charge in [0, 0.05) is 10.4 Å². The minimum Gasteiger partial charge on any atom is -0.458 e. The van der Waals surface area contributed by atoms with Crippen molar-refractivity contribution in [2.24, 2.45) is 5.41 Å². The van der Waals surface area contributed by atoms with Crippen LogP contribution >= 0.6 is 11.6 Å². The zero-order valence-electron chi connectivity index (χ0n) is 14.3. The molecule has 1 atom stereocenters. The van der Waals surface area contributed by atoms with Crippen LogP contribution < -0.4 is 0 Å². The van der Waals surface area contributed by atoms with Gasteiger partial charge in [-0.25, -0.2) is 4.79 Å². The number of rotatable bonds is 7. The van der Waals surface area contributed by atoms with E-state index in [1.807, 2.05) is 51.1 Å². The molecule has 24 heavy (non-hydrogen) atoms. The molecule has 128 valence electrons. The molecular weight excluding hydrogens is 324 g/mol. The maximum absolute atomic E-state index is 12.2. The van der Waals surface area contributed by atoms with Gasteiger partial charge in [0.05, 0.1) is 18.8 Å². The van der Waals surface area contributed by atoms with Gasteiger partial charge < -0.3 is 9.47 Å². The predicted octanol–water partition coefficient (Wildman–Crippen LogP) is 5.13. The first-order valence-electron chi connectivity index (χ1n) is 7.97. The van der Waals surface area contributed by atoms with E-state index in [2.05, 4.69) is 0 Å².